The smallest absolute Gasteiger partial charge is 0.240 e. The Kier molecular flexibility index (Phi) is 7.02. The van der Waals surface area contributed by atoms with Crippen LogP contribution in [0.3, 0.4) is 0 Å². The lowest BCUT2D eigenvalue weighted by Gasteiger charge is -2.26. The SMILES string of the molecule is O=C(CCC(=O)N1CCOCC1)Nc1ccc(S(=O)(=O)NCc2ccco2)cc1. The monoisotopic (exact) mass is 421 g/mol. The number of nitrogens with zero attached hydrogens (tertiary/aromatic N) is 1. The summed E-state index contributed by atoms with van der Waals surface area (Å²) in [5.41, 5.74) is 0.457. The number of sulfonamides is 1. The number of furan rings is 1. The van der Waals surface area contributed by atoms with Crippen molar-refractivity contribution in [3.8, 4) is 0 Å². The Hall–Kier alpha value is -2.69. The number of benzene rings is 1. The first-order chi connectivity index (χ1) is 13.9. The molecule has 1 fully saturated rings. The molecule has 1 aliphatic rings. The second kappa shape index (κ2) is 9.68. The number of hydrogen-bond acceptors (Lipinski definition) is 6. The van der Waals surface area contributed by atoms with Crippen molar-refractivity contribution in [3.63, 3.8) is 0 Å². The number of carbonyl (C=O) groups excluding carboxylic acids is 2. The molecule has 0 spiro atoms. The lowest BCUT2D eigenvalue weighted by atomic mass is 10.2. The van der Waals surface area contributed by atoms with Crippen molar-refractivity contribution in [2.75, 3.05) is 31.6 Å². The van der Waals surface area contributed by atoms with Crippen molar-refractivity contribution < 1.29 is 27.2 Å². The lowest BCUT2D eigenvalue weighted by molar-refractivity contribution is -0.136. The van der Waals surface area contributed by atoms with Crippen LogP contribution in [0.2, 0.25) is 0 Å². The molecular weight excluding hydrogens is 398 g/mol. The first-order valence-corrected chi connectivity index (χ1v) is 10.7. The van der Waals surface area contributed by atoms with Crippen molar-refractivity contribution in [2.24, 2.45) is 0 Å². The van der Waals surface area contributed by atoms with Gasteiger partial charge in [0.15, 0.2) is 0 Å². The van der Waals surface area contributed by atoms with Gasteiger partial charge in [-0.2, -0.15) is 0 Å². The van der Waals surface area contributed by atoms with Gasteiger partial charge in [0.05, 0.1) is 30.9 Å². The maximum absolute atomic E-state index is 12.3. The Bertz CT molecular complexity index is 919. The number of nitrogens with one attached hydrogen (secondary N) is 2. The Labute approximate surface area is 169 Å². The molecule has 1 aliphatic heterocycles. The van der Waals surface area contributed by atoms with E-state index in [0.29, 0.717) is 37.8 Å². The molecule has 0 radical (unpaired) electrons. The highest BCUT2D eigenvalue weighted by Crippen LogP contribution is 2.15. The average Bonchev–Trinajstić information content (AvgIpc) is 3.25. The second-order valence-electron chi connectivity index (χ2n) is 6.47. The van der Waals surface area contributed by atoms with Gasteiger partial charge in [-0.05, 0) is 36.4 Å². The Morgan fingerprint density at radius 2 is 1.76 bits per heavy atom. The van der Waals surface area contributed by atoms with Gasteiger partial charge in [-0.3, -0.25) is 9.59 Å². The first kappa shape index (κ1) is 21.0. The number of carbonyl (C=O) groups is 2. The number of anilines is 1. The zero-order chi connectivity index (χ0) is 20.7. The standard InChI is InChI=1S/C19H23N3O6S/c23-18(7-8-19(24)22-9-12-27-13-10-22)21-15-3-5-17(6-4-15)29(25,26)20-14-16-2-1-11-28-16/h1-6,11,20H,7-10,12-14H2,(H,21,23). The molecule has 2 amide bonds. The van der Waals surface area contributed by atoms with E-state index in [1.165, 1.54) is 30.5 Å². The van der Waals surface area contributed by atoms with Crippen LogP contribution in [0.4, 0.5) is 5.69 Å². The molecular formula is C19H23N3O6S. The summed E-state index contributed by atoms with van der Waals surface area (Å²) in [5.74, 6) is 0.120. The van der Waals surface area contributed by atoms with Crippen LogP contribution in [0.15, 0.2) is 52.0 Å². The molecule has 0 unspecified atom stereocenters. The van der Waals surface area contributed by atoms with Crippen LogP contribution in [-0.4, -0.2) is 51.4 Å². The van der Waals surface area contributed by atoms with Gasteiger partial charge in [-0.1, -0.05) is 0 Å². The highest BCUT2D eigenvalue weighted by molar-refractivity contribution is 7.89. The zero-order valence-corrected chi connectivity index (χ0v) is 16.6. The predicted molar refractivity (Wildman–Crippen MR) is 104 cm³/mol. The van der Waals surface area contributed by atoms with Crippen molar-refractivity contribution in [3.05, 3.63) is 48.4 Å². The minimum absolute atomic E-state index is 0.0466. The van der Waals surface area contributed by atoms with Crippen LogP contribution in [0, 0.1) is 0 Å². The van der Waals surface area contributed by atoms with Gasteiger partial charge in [0.25, 0.3) is 0 Å². The highest BCUT2D eigenvalue weighted by Gasteiger charge is 2.18. The Morgan fingerprint density at radius 1 is 1.03 bits per heavy atom. The molecule has 2 N–H and O–H groups in total. The molecule has 10 heteroatoms. The summed E-state index contributed by atoms with van der Waals surface area (Å²) in [6.45, 7) is 2.17. The maximum Gasteiger partial charge on any atom is 0.240 e. The molecule has 0 bridgehead atoms. The van der Waals surface area contributed by atoms with Crippen LogP contribution < -0.4 is 10.0 Å². The molecule has 2 aromatic rings. The van der Waals surface area contributed by atoms with E-state index < -0.39 is 10.0 Å². The van der Waals surface area contributed by atoms with Gasteiger partial charge < -0.3 is 19.4 Å². The molecule has 156 valence electrons. The van der Waals surface area contributed by atoms with Crippen LogP contribution >= 0.6 is 0 Å². The fourth-order valence-electron chi connectivity index (χ4n) is 2.79. The van der Waals surface area contributed by atoms with Crippen molar-refractivity contribution in [1.29, 1.82) is 0 Å². The molecule has 2 heterocycles. The van der Waals surface area contributed by atoms with Gasteiger partial charge in [0, 0.05) is 31.6 Å². The molecule has 9 nitrogen and oxygen atoms in total. The third kappa shape index (κ3) is 6.14. The van der Waals surface area contributed by atoms with E-state index in [1.807, 2.05) is 0 Å². The van der Waals surface area contributed by atoms with E-state index in [1.54, 1.807) is 17.0 Å². The first-order valence-electron chi connectivity index (χ1n) is 9.21. The molecule has 0 aliphatic carbocycles. The minimum Gasteiger partial charge on any atom is -0.468 e. The summed E-state index contributed by atoms with van der Waals surface area (Å²) in [5, 5.41) is 2.67. The minimum atomic E-state index is -3.70. The van der Waals surface area contributed by atoms with Crippen molar-refractivity contribution in [1.82, 2.24) is 9.62 Å². The lowest BCUT2D eigenvalue weighted by Crippen LogP contribution is -2.40. The number of rotatable bonds is 8. The molecule has 0 atom stereocenters. The summed E-state index contributed by atoms with van der Waals surface area (Å²) >= 11 is 0. The van der Waals surface area contributed by atoms with E-state index >= 15 is 0 Å². The third-order valence-electron chi connectivity index (χ3n) is 4.39. The number of morpholine rings is 1. The number of ether oxygens (including phenoxy) is 1. The Morgan fingerprint density at radius 3 is 2.41 bits per heavy atom. The average molecular weight is 421 g/mol. The number of amides is 2. The van der Waals surface area contributed by atoms with E-state index in [4.69, 9.17) is 9.15 Å². The van der Waals surface area contributed by atoms with Crippen molar-refractivity contribution in [2.45, 2.75) is 24.3 Å². The summed E-state index contributed by atoms with van der Waals surface area (Å²) in [7, 11) is -3.70. The van der Waals surface area contributed by atoms with Gasteiger partial charge in [0.2, 0.25) is 21.8 Å². The van der Waals surface area contributed by atoms with E-state index in [-0.39, 0.29) is 36.1 Å². The Balaban J connectivity index is 1.47. The van der Waals surface area contributed by atoms with E-state index in [2.05, 4.69) is 10.0 Å². The molecule has 3 rings (SSSR count). The van der Waals surface area contributed by atoms with E-state index in [0.717, 1.165) is 0 Å². The van der Waals surface area contributed by atoms with Crippen LogP contribution in [-0.2, 0) is 30.9 Å². The van der Waals surface area contributed by atoms with Crippen molar-refractivity contribution >= 4 is 27.5 Å². The molecule has 1 saturated heterocycles. The van der Waals surface area contributed by atoms with E-state index in [9.17, 15) is 18.0 Å². The maximum atomic E-state index is 12.3. The van der Waals surface area contributed by atoms with Crippen LogP contribution in [0.1, 0.15) is 18.6 Å². The second-order valence-corrected chi connectivity index (χ2v) is 8.24. The fourth-order valence-corrected chi connectivity index (χ4v) is 3.79. The molecule has 1 aromatic carbocycles. The number of hydrogen-bond donors (Lipinski definition) is 2. The van der Waals surface area contributed by atoms with Gasteiger partial charge in [0.1, 0.15) is 5.76 Å². The van der Waals surface area contributed by atoms with Gasteiger partial charge >= 0.3 is 0 Å². The zero-order valence-electron chi connectivity index (χ0n) is 15.8. The summed E-state index contributed by atoms with van der Waals surface area (Å²) in [6, 6.07) is 9.16. The quantitative estimate of drug-likeness (QED) is 0.664. The molecule has 1 aromatic heterocycles. The fraction of sp³-hybridized carbons (Fsp3) is 0.368. The van der Waals surface area contributed by atoms with Gasteiger partial charge in [-0.25, -0.2) is 13.1 Å². The third-order valence-corrected chi connectivity index (χ3v) is 5.81. The summed E-state index contributed by atoms with van der Waals surface area (Å²) in [6.07, 6.45) is 1.64. The highest BCUT2D eigenvalue weighted by atomic mass is 32.2. The van der Waals surface area contributed by atoms with Gasteiger partial charge in [-0.15, -0.1) is 0 Å². The topological polar surface area (TPSA) is 118 Å². The van der Waals surface area contributed by atoms with Crippen LogP contribution in [0.25, 0.3) is 0 Å². The normalized spacial score (nSPS) is 14.6. The largest absolute Gasteiger partial charge is 0.468 e. The predicted octanol–water partition coefficient (Wildman–Crippen LogP) is 1.34. The summed E-state index contributed by atoms with van der Waals surface area (Å²) in [4.78, 5) is 25.9. The molecule has 29 heavy (non-hydrogen) atoms. The summed E-state index contributed by atoms with van der Waals surface area (Å²) < 4.78 is 37.3. The van der Waals surface area contributed by atoms with Crippen LogP contribution in [0.5, 0.6) is 0 Å². The molecule has 0 saturated carbocycles.